The Morgan fingerprint density at radius 1 is 0.784 bits per heavy atom. The molecule has 7 nitrogen and oxygen atoms in total. The molecule has 0 aliphatic carbocycles. The van der Waals surface area contributed by atoms with Crippen LogP contribution in [0.2, 0.25) is 20.1 Å². The first-order valence-electron chi connectivity index (χ1n) is 10.8. The van der Waals surface area contributed by atoms with E-state index in [9.17, 15) is 18.8 Å². The molecule has 3 aliphatic rings. The minimum absolute atomic E-state index is 0.0233. The van der Waals surface area contributed by atoms with Gasteiger partial charge in [0.25, 0.3) is 17.7 Å². The Balaban J connectivity index is 1.50. The lowest BCUT2D eigenvalue weighted by atomic mass is 9.85. The number of imide groups is 1. The maximum Gasteiger partial charge on any atom is 0.264 e. The van der Waals surface area contributed by atoms with Gasteiger partial charge in [0.1, 0.15) is 11.9 Å². The molecule has 3 heterocycles. The number of hydrogen-bond donors (Lipinski definition) is 0. The van der Waals surface area contributed by atoms with Gasteiger partial charge in [-0.2, -0.15) is 0 Å². The fourth-order valence-corrected chi connectivity index (χ4v) is 5.90. The second kappa shape index (κ2) is 8.49. The van der Waals surface area contributed by atoms with Crippen LogP contribution in [0.1, 0.15) is 37.9 Å². The SMILES string of the molecule is Cc1ccc(F)cc1N1C(=O)[C@H](N2C(=O)c3c(Cl)c(Cl)c(Cl)c(Cl)c3C2=O)[C@H]1c1ccc2c(c1)OCO2. The Labute approximate surface area is 229 Å². The molecule has 0 spiro atoms. The molecule has 188 valence electrons. The number of carbonyl (C=O) groups is 3. The Hall–Kier alpha value is -3.04. The highest BCUT2D eigenvalue weighted by molar-refractivity contribution is 6.55. The standard InChI is InChI=1S/C25H13Cl4FN2O5/c1-9-2-4-11(30)7-12(9)31-21(10-3-5-13-14(6-10)37-8-36-13)22(25(31)35)32-23(33)15-16(24(32)34)18(27)20(29)19(28)17(15)26/h2-7,21-22H,8H2,1H3/t21-,22-/m1/s1. The predicted octanol–water partition coefficient (Wildman–Crippen LogP) is 6.23. The summed E-state index contributed by atoms with van der Waals surface area (Å²) in [5.41, 5.74) is 0.975. The number of amides is 3. The van der Waals surface area contributed by atoms with E-state index in [0.717, 1.165) is 4.90 Å². The second-order valence-electron chi connectivity index (χ2n) is 8.63. The molecule has 12 heteroatoms. The third-order valence-corrected chi connectivity index (χ3v) is 8.45. The molecule has 37 heavy (non-hydrogen) atoms. The van der Waals surface area contributed by atoms with Gasteiger partial charge in [-0.15, -0.1) is 0 Å². The van der Waals surface area contributed by atoms with Crippen molar-refractivity contribution in [3.63, 3.8) is 0 Å². The zero-order chi connectivity index (χ0) is 26.3. The topological polar surface area (TPSA) is 76.2 Å². The van der Waals surface area contributed by atoms with Gasteiger partial charge >= 0.3 is 0 Å². The van der Waals surface area contributed by atoms with Crippen LogP contribution in [0.15, 0.2) is 36.4 Å². The predicted molar refractivity (Wildman–Crippen MR) is 135 cm³/mol. The van der Waals surface area contributed by atoms with Gasteiger partial charge < -0.3 is 14.4 Å². The third-order valence-electron chi connectivity index (χ3n) is 6.65. The highest BCUT2D eigenvalue weighted by atomic mass is 35.5. The largest absolute Gasteiger partial charge is 0.454 e. The number of carbonyl (C=O) groups excluding carboxylic acids is 3. The van der Waals surface area contributed by atoms with E-state index in [1.807, 2.05) is 0 Å². The molecular weight excluding hydrogens is 569 g/mol. The fourth-order valence-electron chi connectivity index (χ4n) is 4.88. The van der Waals surface area contributed by atoms with Crippen LogP contribution in [0.4, 0.5) is 10.1 Å². The lowest BCUT2D eigenvalue weighted by Crippen LogP contribution is -2.67. The summed E-state index contributed by atoms with van der Waals surface area (Å²) in [6, 6.07) is 6.85. The smallest absolute Gasteiger partial charge is 0.264 e. The molecule has 3 aromatic carbocycles. The molecule has 0 saturated carbocycles. The monoisotopic (exact) mass is 580 g/mol. The minimum atomic E-state index is -1.29. The zero-order valence-corrected chi connectivity index (χ0v) is 21.7. The molecule has 2 atom stereocenters. The van der Waals surface area contributed by atoms with E-state index in [1.54, 1.807) is 25.1 Å². The molecule has 3 aromatic rings. The second-order valence-corrected chi connectivity index (χ2v) is 10.1. The summed E-state index contributed by atoms with van der Waals surface area (Å²) in [6.07, 6.45) is 0. The molecule has 6 rings (SSSR count). The van der Waals surface area contributed by atoms with Gasteiger partial charge in [-0.05, 0) is 42.3 Å². The molecule has 3 amide bonds. The first-order valence-corrected chi connectivity index (χ1v) is 12.4. The number of ether oxygens (including phenoxy) is 2. The van der Waals surface area contributed by atoms with Crippen molar-refractivity contribution < 1.29 is 28.2 Å². The lowest BCUT2D eigenvalue weighted by molar-refractivity contribution is -0.130. The van der Waals surface area contributed by atoms with E-state index in [-0.39, 0.29) is 38.0 Å². The van der Waals surface area contributed by atoms with Crippen LogP contribution in [-0.2, 0) is 4.79 Å². The van der Waals surface area contributed by atoms with Crippen molar-refractivity contribution >= 4 is 69.8 Å². The number of rotatable bonds is 3. The summed E-state index contributed by atoms with van der Waals surface area (Å²) in [5, 5.41) is -0.842. The Bertz CT molecular complexity index is 1530. The summed E-state index contributed by atoms with van der Waals surface area (Å²) in [5.74, 6) is -1.91. The van der Waals surface area contributed by atoms with Crippen molar-refractivity contribution in [3.8, 4) is 11.5 Å². The lowest BCUT2D eigenvalue weighted by Gasteiger charge is -2.50. The van der Waals surface area contributed by atoms with Gasteiger partial charge in [-0.1, -0.05) is 58.5 Å². The Kier molecular flexibility index (Phi) is 5.58. The highest BCUT2D eigenvalue weighted by Crippen LogP contribution is 2.50. The van der Waals surface area contributed by atoms with Crippen LogP contribution in [0.5, 0.6) is 11.5 Å². The summed E-state index contributed by atoms with van der Waals surface area (Å²) in [6.45, 7) is 1.74. The van der Waals surface area contributed by atoms with Gasteiger partial charge in [0, 0.05) is 0 Å². The molecule has 1 fully saturated rings. The number of anilines is 1. The molecule has 0 radical (unpaired) electrons. The first kappa shape index (κ1) is 24.3. The van der Waals surface area contributed by atoms with Crippen LogP contribution >= 0.6 is 46.4 Å². The summed E-state index contributed by atoms with van der Waals surface area (Å²) in [4.78, 5) is 42.9. The molecular formula is C25H13Cl4FN2O5. The van der Waals surface area contributed by atoms with E-state index in [0.29, 0.717) is 28.3 Å². The zero-order valence-electron chi connectivity index (χ0n) is 18.7. The van der Waals surface area contributed by atoms with Crippen molar-refractivity contribution in [2.45, 2.75) is 19.0 Å². The van der Waals surface area contributed by atoms with Crippen molar-refractivity contribution in [3.05, 3.63) is 84.6 Å². The van der Waals surface area contributed by atoms with Crippen LogP contribution in [-0.4, -0.2) is 35.5 Å². The van der Waals surface area contributed by atoms with Crippen LogP contribution < -0.4 is 14.4 Å². The Morgan fingerprint density at radius 3 is 2.05 bits per heavy atom. The number of aryl methyl sites for hydroxylation is 1. The summed E-state index contributed by atoms with van der Waals surface area (Å²) in [7, 11) is 0. The van der Waals surface area contributed by atoms with Gasteiger partial charge in [0.15, 0.2) is 11.5 Å². The molecule has 0 N–H and O–H groups in total. The molecule has 0 bridgehead atoms. The van der Waals surface area contributed by atoms with Gasteiger partial charge in [0.05, 0.1) is 42.9 Å². The van der Waals surface area contributed by atoms with E-state index < -0.39 is 35.6 Å². The fraction of sp³-hybridized carbons (Fsp3) is 0.160. The van der Waals surface area contributed by atoms with E-state index in [1.165, 1.54) is 23.1 Å². The number of nitrogens with zero attached hydrogens (tertiary/aromatic N) is 2. The Morgan fingerprint density at radius 2 is 1.41 bits per heavy atom. The highest BCUT2D eigenvalue weighted by Gasteiger charge is 2.58. The van der Waals surface area contributed by atoms with Gasteiger partial charge in [-0.3, -0.25) is 19.3 Å². The number of benzene rings is 3. The van der Waals surface area contributed by atoms with Crippen LogP contribution in [0, 0.1) is 12.7 Å². The maximum absolute atomic E-state index is 14.2. The van der Waals surface area contributed by atoms with Gasteiger partial charge in [0.2, 0.25) is 6.79 Å². The maximum atomic E-state index is 14.2. The normalized spacial score (nSPS) is 20.0. The average molecular weight is 582 g/mol. The van der Waals surface area contributed by atoms with E-state index in [4.69, 9.17) is 55.9 Å². The number of β-lactam (4-membered cyclic amide) rings is 1. The quantitative estimate of drug-likeness (QED) is 0.159. The summed E-state index contributed by atoms with van der Waals surface area (Å²) < 4.78 is 25.1. The molecule has 0 unspecified atom stereocenters. The van der Waals surface area contributed by atoms with Gasteiger partial charge in [-0.25, -0.2) is 4.39 Å². The number of hydrogen-bond acceptors (Lipinski definition) is 5. The van der Waals surface area contributed by atoms with Crippen molar-refractivity contribution in [1.29, 1.82) is 0 Å². The number of fused-ring (bicyclic) bond motifs is 2. The van der Waals surface area contributed by atoms with E-state index in [2.05, 4.69) is 0 Å². The van der Waals surface area contributed by atoms with E-state index >= 15 is 0 Å². The van der Waals surface area contributed by atoms with Crippen molar-refractivity contribution in [1.82, 2.24) is 4.90 Å². The van der Waals surface area contributed by atoms with Crippen LogP contribution in [0.3, 0.4) is 0 Å². The third kappa shape index (κ3) is 3.36. The van der Waals surface area contributed by atoms with Crippen LogP contribution in [0.25, 0.3) is 0 Å². The van der Waals surface area contributed by atoms with Crippen molar-refractivity contribution in [2.75, 3.05) is 11.7 Å². The number of halogens is 5. The summed E-state index contributed by atoms with van der Waals surface area (Å²) >= 11 is 24.8. The molecule has 1 saturated heterocycles. The molecule has 3 aliphatic heterocycles. The molecule has 0 aromatic heterocycles. The average Bonchev–Trinajstić information content (AvgIpc) is 3.44. The first-order chi connectivity index (χ1) is 17.6. The minimum Gasteiger partial charge on any atom is -0.454 e. The van der Waals surface area contributed by atoms with Crippen molar-refractivity contribution in [2.24, 2.45) is 0 Å².